The molecule has 0 aromatic heterocycles. The number of carbonyl (C=O) groups is 1. The van der Waals surface area contributed by atoms with Crippen LogP contribution in [0.3, 0.4) is 0 Å². The normalized spacial score (nSPS) is 16.5. The molecule has 1 atom stereocenters. The standard InChI is InChI=1S/C20H20FNO2S/c1-2-24-18-6-4-3-5-14(18)7-10-20(23)22-17-11-12-25-19-9-8-15(21)13-16(17)19/h3-10,13,17H,2,11-12H2,1H3,(H,22,23)/b10-7+. The van der Waals surface area contributed by atoms with E-state index in [1.165, 1.54) is 18.2 Å². The van der Waals surface area contributed by atoms with E-state index in [-0.39, 0.29) is 17.8 Å². The highest BCUT2D eigenvalue weighted by molar-refractivity contribution is 7.99. The molecule has 0 saturated heterocycles. The fourth-order valence-corrected chi connectivity index (χ4v) is 3.91. The molecule has 130 valence electrons. The van der Waals surface area contributed by atoms with Crippen LogP contribution in [0.25, 0.3) is 6.08 Å². The monoisotopic (exact) mass is 357 g/mol. The lowest BCUT2D eigenvalue weighted by Crippen LogP contribution is -2.29. The van der Waals surface area contributed by atoms with Gasteiger partial charge in [-0.25, -0.2) is 4.39 Å². The van der Waals surface area contributed by atoms with Crippen LogP contribution < -0.4 is 10.1 Å². The van der Waals surface area contributed by atoms with Crippen LogP contribution in [0.15, 0.2) is 53.4 Å². The van der Waals surface area contributed by atoms with E-state index in [4.69, 9.17) is 4.74 Å². The summed E-state index contributed by atoms with van der Waals surface area (Å²) in [5.74, 6) is 1.18. The van der Waals surface area contributed by atoms with Gasteiger partial charge >= 0.3 is 0 Å². The molecule has 1 amide bonds. The molecule has 1 N–H and O–H groups in total. The third-order valence-electron chi connectivity index (χ3n) is 3.96. The fraction of sp³-hybridized carbons (Fsp3) is 0.250. The second-order valence-corrected chi connectivity index (χ2v) is 6.82. The first-order chi connectivity index (χ1) is 12.2. The summed E-state index contributed by atoms with van der Waals surface area (Å²) in [4.78, 5) is 13.3. The number of para-hydroxylation sites is 1. The molecule has 5 heteroatoms. The Bertz CT molecular complexity index is 791. The third-order valence-corrected chi connectivity index (χ3v) is 5.08. The SMILES string of the molecule is CCOc1ccccc1/C=C/C(=O)NC1CCSc2ccc(F)cc21. The van der Waals surface area contributed by atoms with Crippen LogP contribution in [0.2, 0.25) is 0 Å². The van der Waals surface area contributed by atoms with Crippen molar-refractivity contribution in [2.24, 2.45) is 0 Å². The average molecular weight is 357 g/mol. The van der Waals surface area contributed by atoms with Crippen molar-refractivity contribution in [1.29, 1.82) is 0 Å². The average Bonchev–Trinajstić information content (AvgIpc) is 2.62. The van der Waals surface area contributed by atoms with Crippen molar-refractivity contribution in [2.45, 2.75) is 24.3 Å². The largest absolute Gasteiger partial charge is 0.493 e. The molecule has 0 aliphatic carbocycles. The number of halogens is 1. The summed E-state index contributed by atoms with van der Waals surface area (Å²) in [6.45, 7) is 2.49. The van der Waals surface area contributed by atoms with Crippen molar-refractivity contribution >= 4 is 23.7 Å². The zero-order chi connectivity index (χ0) is 17.6. The van der Waals surface area contributed by atoms with Crippen LogP contribution >= 0.6 is 11.8 Å². The maximum absolute atomic E-state index is 13.5. The Morgan fingerprint density at radius 1 is 1.36 bits per heavy atom. The van der Waals surface area contributed by atoms with Crippen LogP contribution in [0, 0.1) is 5.82 Å². The highest BCUT2D eigenvalue weighted by Crippen LogP contribution is 2.36. The predicted molar refractivity (Wildman–Crippen MR) is 99.3 cm³/mol. The minimum atomic E-state index is -0.276. The topological polar surface area (TPSA) is 38.3 Å². The van der Waals surface area contributed by atoms with Gasteiger partial charge in [-0.2, -0.15) is 0 Å². The van der Waals surface area contributed by atoms with Crippen LogP contribution in [0.4, 0.5) is 4.39 Å². The maximum Gasteiger partial charge on any atom is 0.244 e. The van der Waals surface area contributed by atoms with Gasteiger partial charge in [0, 0.05) is 22.3 Å². The molecular weight excluding hydrogens is 337 g/mol. The van der Waals surface area contributed by atoms with Crippen LogP contribution in [0.5, 0.6) is 5.75 Å². The van der Waals surface area contributed by atoms with Gasteiger partial charge in [-0.3, -0.25) is 4.79 Å². The van der Waals surface area contributed by atoms with Gasteiger partial charge in [0.05, 0.1) is 12.6 Å². The lowest BCUT2D eigenvalue weighted by Gasteiger charge is -2.25. The Kier molecular flexibility index (Phi) is 5.76. The highest BCUT2D eigenvalue weighted by atomic mass is 32.2. The van der Waals surface area contributed by atoms with E-state index in [1.807, 2.05) is 31.2 Å². The summed E-state index contributed by atoms with van der Waals surface area (Å²) in [6.07, 6.45) is 4.03. The van der Waals surface area contributed by atoms with Gasteiger partial charge in [0.1, 0.15) is 11.6 Å². The van der Waals surface area contributed by atoms with Crippen molar-refractivity contribution in [3.63, 3.8) is 0 Å². The van der Waals surface area contributed by atoms with Crippen molar-refractivity contribution in [1.82, 2.24) is 5.32 Å². The zero-order valence-electron chi connectivity index (χ0n) is 14.0. The molecule has 0 fully saturated rings. The minimum Gasteiger partial charge on any atom is -0.493 e. The van der Waals surface area contributed by atoms with E-state index in [0.29, 0.717) is 6.61 Å². The summed E-state index contributed by atoms with van der Waals surface area (Å²) >= 11 is 1.69. The lowest BCUT2D eigenvalue weighted by atomic mass is 10.0. The summed E-state index contributed by atoms with van der Waals surface area (Å²) in [7, 11) is 0. The molecule has 0 bridgehead atoms. The number of hydrogen-bond acceptors (Lipinski definition) is 3. The molecular formula is C20H20FNO2S. The van der Waals surface area contributed by atoms with Crippen molar-refractivity contribution in [2.75, 3.05) is 12.4 Å². The van der Waals surface area contributed by atoms with Crippen molar-refractivity contribution in [3.8, 4) is 5.75 Å². The van der Waals surface area contributed by atoms with E-state index >= 15 is 0 Å². The first-order valence-electron chi connectivity index (χ1n) is 8.30. The predicted octanol–water partition coefficient (Wildman–Crippen LogP) is 4.59. The first-order valence-corrected chi connectivity index (χ1v) is 9.28. The number of rotatable bonds is 5. The Hall–Kier alpha value is -2.27. The summed E-state index contributed by atoms with van der Waals surface area (Å²) in [5, 5.41) is 2.98. The van der Waals surface area contributed by atoms with Crippen molar-refractivity contribution in [3.05, 3.63) is 65.5 Å². The number of ether oxygens (including phenoxy) is 1. The number of thioether (sulfide) groups is 1. The Balaban J connectivity index is 1.71. The number of fused-ring (bicyclic) bond motifs is 1. The molecule has 2 aromatic rings. The zero-order valence-corrected chi connectivity index (χ0v) is 14.8. The van der Waals surface area contributed by atoms with E-state index in [1.54, 1.807) is 23.9 Å². The Morgan fingerprint density at radius 2 is 2.20 bits per heavy atom. The van der Waals surface area contributed by atoms with Gasteiger partial charge in [0.15, 0.2) is 0 Å². The van der Waals surface area contributed by atoms with Crippen LogP contribution in [0.1, 0.15) is 30.5 Å². The van der Waals surface area contributed by atoms with Crippen molar-refractivity contribution < 1.29 is 13.9 Å². The number of hydrogen-bond donors (Lipinski definition) is 1. The molecule has 0 saturated carbocycles. The molecule has 1 aliphatic heterocycles. The van der Waals surface area contributed by atoms with Crippen LogP contribution in [-0.4, -0.2) is 18.3 Å². The summed E-state index contributed by atoms with van der Waals surface area (Å²) in [6, 6.07) is 12.2. The molecule has 1 unspecified atom stereocenters. The molecule has 0 spiro atoms. The van der Waals surface area contributed by atoms with Gasteiger partial charge in [-0.15, -0.1) is 11.8 Å². The summed E-state index contributed by atoms with van der Waals surface area (Å²) < 4.78 is 19.1. The summed E-state index contributed by atoms with van der Waals surface area (Å²) in [5.41, 5.74) is 1.71. The first kappa shape index (κ1) is 17.5. The number of carbonyl (C=O) groups excluding carboxylic acids is 1. The number of nitrogens with one attached hydrogen (secondary N) is 1. The fourth-order valence-electron chi connectivity index (χ4n) is 2.81. The Labute approximate surface area is 151 Å². The second kappa shape index (κ2) is 8.21. The van der Waals surface area contributed by atoms with E-state index in [0.717, 1.165) is 33.9 Å². The third kappa shape index (κ3) is 4.42. The maximum atomic E-state index is 13.5. The molecule has 25 heavy (non-hydrogen) atoms. The second-order valence-electron chi connectivity index (χ2n) is 5.68. The minimum absolute atomic E-state index is 0.161. The molecule has 1 heterocycles. The lowest BCUT2D eigenvalue weighted by molar-refractivity contribution is -0.117. The molecule has 3 rings (SSSR count). The van der Waals surface area contributed by atoms with E-state index in [2.05, 4.69) is 5.32 Å². The van der Waals surface area contributed by atoms with E-state index in [9.17, 15) is 9.18 Å². The molecule has 3 nitrogen and oxygen atoms in total. The van der Waals surface area contributed by atoms with Crippen LogP contribution in [-0.2, 0) is 4.79 Å². The molecule has 2 aromatic carbocycles. The highest BCUT2D eigenvalue weighted by Gasteiger charge is 2.22. The number of benzene rings is 2. The van der Waals surface area contributed by atoms with Gasteiger partial charge < -0.3 is 10.1 Å². The number of amides is 1. The smallest absolute Gasteiger partial charge is 0.244 e. The Morgan fingerprint density at radius 3 is 3.04 bits per heavy atom. The molecule has 1 aliphatic rings. The quantitative estimate of drug-likeness (QED) is 0.796. The van der Waals surface area contributed by atoms with Gasteiger partial charge in [0.2, 0.25) is 5.91 Å². The van der Waals surface area contributed by atoms with Gasteiger partial charge in [-0.1, -0.05) is 18.2 Å². The van der Waals surface area contributed by atoms with E-state index < -0.39 is 0 Å². The van der Waals surface area contributed by atoms with Gasteiger partial charge in [0.25, 0.3) is 0 Å². The molecule has 0 radical (unpaired) electrons. The van der Waals surface area contributed by atoms with Gasteiger partial charge in [-0.05, 0) is 49.2 Å².